The van der Waals surface area contributed by atoms with E-state index in [-0.39, 0.29) is 18.6 Å². The Morgan fingerprint density at radius 2 is 2.00 bits per heavy atom. The summed E-state index contributed by atoms with van der Waals surface area (Å²) in [4.78, 5) is 26.0. The molecule has 6 nitrogen and oxygen atoms in total. The highest BCUT2D eigenvalue weighted by Crippen LogP contribution is 2.39. The molecule has 0 aromatic heterocycles. The number of nitrogens with zero attached hydrogens (tertiary/aromatic N) is 1. The SMILES string of the molecule is CCN(Cc1ccccc1NC(=O)c1cc(Cl)c2c(c1)OCO2)C(C)=O. The number of carbonyl (C=O) groups is 2. The maximum absolute atomic E-state index is 12.7. The first-order valence-electron chi connectivity index (χ1n) is 8.23. The van der Waals surface area contributed by atoms with Crippen molar-refractivity contribution in [3.63, 3.8) is 0 Å². The van der Waals surface area contributed by atoms with E-state index in [0.717, 1.165) is 5.56 Å². The lowest BCUT2D eigenvalue weighted by Gasteiger charge is -2.21. The monoisotopic (exact) mass is 374 g/mol. The first-order chi connectivity index (χ1) is 12.5. The van der Waals surface area contributed by atoms with Crippen LogP contribution >= 0.6 is 11.6 Å². The van der Waals surface area contributed by atoms with E-state index >= 15 is 0 Å². The summed E-state index contributed by atoms with van der Waals surface area (Å²) in [6, 6.07) is 10.5. The molecular formula is C19H19ClN2O4. The van der Waals surface area contributed by atoms with Gasteiger partial charge in [-0.05, 0) is 30.7 Å². The topological polar surface area (TPSA) is 67.9 Å². The van der Waals surface area contributed by atoms with Crippen molar-refractivity contribution in [2.45, 2.75) is 20.4 Å². The summed E-state index contributed by atoms with van der Waals surface area (Å²) < 4.78 is 10.6. The van der Waals surface area contributed by atoms with E-state index in [9.17, 15) is 9.59 Å². The molecule has 0 saturated heterocycles. The van der Waals surface area contributed by atoms with Gasteiger partial charge in [0.15, 0.2) is 11.5 Å². The Balaban J connectivity index is 1.82. The van der Waals surface area contributed by atoms with Gasteiger partial charge in [0.05, 0.1) is 5.02 Å². The third kappa shape index (κ3) is 3.75. The maximum atomic E-state index is 12.7. The fraction of sp³-hybridized carbons (Fsp3) is 0.263. The second-order valence-corrected chi connectivity index (χ2v) is 6.24. The van der Waals surface area contributed by atoms with Gasteiger partial charge in [0.25, 0.3) is 5.91 Å². The van der Waals surface area contributed by atoms with Crippen LogP contribution in [0.4, 0.5) is 5.69 Å². The van der Waals surface area contributed by atoms with Crippen molar-refractivity contribution in [2.24, 2.45) is 0 Å². The van der Waals surface area contributed by atoms with E-state index in [2.05, 4.69) is 5.32 Å². The molecule has 0 saturated carbocycles. The molecule has 0 unspecified atom stereocenters. The second kappa shape index (κ2) is 7.66. The zero-order chi connectivity index (χ0) is 18.7. The first kappa shape index (κ1) is 18.1. The van der Waals surface area contributed by atoms with Crippen molar-refractivity contribution >= 4 is 29.1 Å². The van der Waals surface area contributed by atoms with E-state index in [1.807, 2.05) is 25.1 Å². The molecule has 1 heterocycles. The number of para-hydroxylation sites is 1. The molecule has 3 rings (SSSR count). The number of halogens is 1. The van der Waals surface area contributed by atoms with Gasteiger partial charge in [-0.1, -0.05) is 29.8 Å². The zero-order valence-electron chi connectivity index (χ0n) is 14.5. The fourth-order valence-electron chi connectivity index (χ4n) is 2.72. The van der Waals surface area contributed by atoms with Gasteiger partial charge >= 0.3 is 0 Å². The van der Waals surface area contributed by atoms with Crippen LogP contribution in [0.2, 0.25) is 5.02 Å². The van der Waals surface area contributed by atoms with Crippen LogP contribution in [-0.4, -0.2) is 30.1 Å². The van der Waals surface area contributed by atoms with Crippen molar-refractivity contribution in [1.82, 2.24) is 4.90 Å². The van der Waals surface area contributed by atoms with Crippen LogP contribution < -0.4 is 14.8 Å². The molecule has 0 aliphatic carbocycles. The highest BCUT2D eigenvalue weighted by atomic mass is 35.5. The van der Waals surface area contributed by atoms with Crippen molar-refractivity contribution < 1.29 is 19.1 Å². The standard InChI is InChI=1S/C19H19ClN2O4/c1-3-22(12(2)23)10-13-6-4-5-7-16(13)21-19(24)14-8-15(20)18-17(9-14)25-11-26-18/h4-9H,3,10-11H2,1-2H3,(H,21,24). The number of benzene rings is 2. The summed E-state index contributed by atoms with van der Waals surface area (Å²) in [5.74, 6) is 0.563. The van der Waals surface area contributed by atoms with Crippen molar-refractivity contribution in [3.8, 4) is 11.5 Å². The Bertz CT molecular complexity index is 853. The molecule has 0 fully saturated rings. The molecule has 1 aliphatic heterocycles. The Morgan fingerprint density at radius 3 is 2.73 bits per heavy atom. The summed E-state index contributed by atoms with van der Waals surface area (Å²) in [6.45, 7) is 4.54. The Labute approximate surface area is 156 Å². The highest BCUT2D eigenvalue weighted by molar-refractivity contribution is 6.32. The third-order valence-corrected chi connectivity index (χ3v) is 4.42. The Kier molecular flexibility index (Phi) is 5.32. The largest absolute Gasteiger partial charge is 0.454 e. The summed E-state index contributed by atoms with van der Waals surface area (Å²) >= 11 is 6.15. The lowest BCUT2D eigenvalue weighted by atomic mass is 10.1. The van der Waals surface area contributed by atoms with Crippen LogP contribution in [0.25, 0.3) is 0 Å². The molecule has 26 heavy (non-hydrogen) atoms. The molecule has 7 heteroatoms. The van der Waals surface area contributed by atoms with Crippen LogP contribution in [0.1, 0.15) is 29.8 Å². The summed E-state index contributed by atoms with van der Waals surface area (Å²) in [5.41, 5.74) is 1.86. The summed E-state index contributed by atoms with van der Waals surface area (Å²) in [6.07, 6.45) is 0. The quantitative estimate of drug-likeness (QED) is 0.866. The molecular weight excluding hydrogens is 356 g/mol. The molecule has 2 aromatic rings. The van der Waals surface area contributed by atoms with E-state index in [1.165, 1.54) is 6.92 Å². The number of amides is 2. The predicted molar refractivity (Wildman–Crippen MR) is 98.7 cm³/mol. The Hall–Kier alpha value is -2.73. The molecule has 1 N–H and O–H groups in total. The predicted octanol–water partition coefficient (Wildman–Crippen LogP) is 3.69. The molecule has 2 aromatic carbocycles. The number of fused-ring (bicyclic) bond motifs is 1. The number of anilines is 1. The number of carbonyl (C=O) groups excluding carboxylic acids is 2. The third-order valence-electron chi connectivity index (χ3n) is 4.14. The molecule has 2 amide bonds. The maximum Gasteiger partial charge on any atom is 0.255 e. The van der Waals surface area contributed by atoms with Crippen LogP contribution in [-0.2, 0) is 11.3 Å². The van der Waals surface area contributed by atoms with Gasteiger partial charge in [-0.25, -0.2) is 0 Å². The fourth-order valence-corrected chi connectivity index (χ4v) is 2.99. The number of ether oxygens (including phenoxy) is 2. The average molecular weight is 375 g/mol. The minimum Gasteiger partial charge on any atom is -0.454 e. The van der Waals surface area contributed by atoms with Crippen molar-refractivity contribution in [3.05, 3.63) is 52.5 Å². The van der Waals surface area contributed by atoms with Crippen LogP contribution in [0.5, 0.6) is 11.5 Å². The summed E-state index contributed by atoms with van der Waals surface area (Å²) in [7, 11) is 0. The van der Waals surface area contributed by atoms with E-state index in [1.54, 1.807) is 23.1 Å². The first-order valence-corrected chi connectivity index (χ1v) is 8.61. The van der Waals surface area contributed by atoms with Gasteiger partial charge < -0.3 is 19.7 Å². The normalized spacial score (nSPS) is 12.0. The van der Waals surface area contributed by atoms with Crippen molar-refractivity contribution in [2.75, 3.05) is 18.7 Å². The minimum atomic E-state index is -0.316. The van der Waals surface area contributed by atoms with Gasteiger partial charge in [-0.15, -0.1) is 0 Å². The van der Waals surface area contributed by atoms with Gasteiger partial charge in [0.2, 0.25) is 12.7 Å². The van der Waals surface area contributed by atoms with Crippen molar-refractivity contribution in [1.29, 1.82) is 0 Å². The molecule has 0 bridgehead atoms. The molecule has 1 aliphatic rings. The van der Waals surface area contributed by atoms with Crippen LogP contribution in [0.3, 0.4) is 0 Å². The number of hydrogen-bond donors (Lipinski definition) is 1. The molecule has 136 valence electrons. The van der Waals surface area contributed by atoms with Crippen LogP contribution in [0, 0.1) is 0 Å². The van der Waals surface area contributed by atoms with E-state index < -0.39 is 0 Å². The molecule has 0 atom stereocenters. The number of nitrogens with one attached hydrogen (secondary N) is 1. The number of hydrogen-bond acceptors (Lipinski definition) is 4. The lowest BCUT2D eigenvalue weighted by Crippen LogP contribution is -2.28. The summed E-state index contributed by atoms with van der Waals surface area (Å²) in [5, 5.41) is 3.21. The zero-order valence-corrected chi connectivity index (χ0v) is 15.3. The van der Waals surface area contributed by atoms with Gasteiger partial charge in [0.1, 0.15) is 0 Å². The van der Waals surface area contributed by atoms with Gasteiger partial charge in [-0.2, -0.15) is 0 Å². The lowest BCUT2D eigenvalue weighted by molar-refractivity contribution is -0.129. The molecule has 0 spiro atoms. The van der Waals surface area contributed by atoms with Crippen LogP contribution in [0.15, 0.2) is 36.4 Å². The smallest absolute Gasteiger partial charge is 0.255 e. The van der Waals surface area contributed by atoms with E-state index in [4.69, 9.17) is 21.1 Å². The van der Waals surface area contributed by atoms with E-state index in [0.29, 0.717) is 40.9 Å². The minimum absolute atomic E-state index is 0.0174. The average Bonchev–Trinajstić information content (AvgIpc) is 3.09. The van der Waals surface area contributed by atoms with Gasteiger partial charge in [-0.3, -0.25) is 9.59 Å². The second-order valence-electron chi connectivity index (χ2n) is 5.84. The highest BCUT2D eigenvalue weighted by Gasteiger charge is 2.21. The Morgan fingerprint density at radius 1 is 1.23 bits per heavy atom. The molecule has 0 radical (unpaired) electrons. The number of rotatable bonds is 5. The van der Waals surface area contributed by atoms with Gasteiger partial charge in [0, 0.05) is 31.3 Å².